The Kier molecular flexibility index (Phi) is 7.26. The normalized spacial score (nSPS) is 12.6. The van der Waals surface area contributed by atoms with Crippen molar-refractivity contribution in [2.75, 3.05) is 0 Å². The van der Waals surface area contributed by atoms with E-state index in [2.05, 4.69) is 168 Å². The van der Waals surface area contributed by atoms with Crippen LogP contribution < -0.4 is 5.73 Å². The Morgan fingerprint density at radius 3 is 2.02 bits per heavy atom. The van der Waals surface area contributed by atoms with Gasteiger partial charge in [-0.25, -0.2) is 0 Å². The molecule has 0 radical (unpaired) electrons. The van der Waals surface area contributed by atoms with Crippen molar-refractivity contribution < 1.29 is 0 Å². The lowest BCUT2D eigenvalue weighted by Gasteiger charge is -2.13. The molecule has 0 aliphatic rings. The highest BCUT2D eigenvalue weighted by Gasteiger charge is 2.22. The molecule has 0 saturated heterocycles. The molecule has 8 aromatic carbocycles. The first-order chi connectivity index (χ1) is 25.7. The molecule has 0 atom stereocenters. The molecule has 0 saturated carbocycles. The summed E-state index contributed by atoms with van der Waals surface area (Å²) in [6, 6.07) is 61.1. The fraction of sp³-hybridized carbons (Fsp3) is 0.0204. The van der Waals surface area contributed by atoms with Gasteiger partial charge in [0.2, 0.25) is 0 Å². The Morgan fingerprint density at radius 1 is 0.538 bits per heavy atom. The predicted octanol–water partition coefficient (Wildman–Crippen LogP) is 13.1. The zero-order valence-corrected chi connectivity index (χ0v) is 29.3. The van der Waals surface area contributed by atoms with Crippen LogP contribution in [0.2, 0.25) is 0 Å². The van der Waals surface area contributed by atoms with Crippen molar-refractivity contribution in [3.8, 4) is 5.69 Å². The van der Waals surface area contributed by atoms with Gasteiger partial charge in [-0.05, 0) is 75.2 Å². The Hall–Kier alpha value is -6.42. The van der Waals surface area contributed by atoms with E-state index in [1.54, 1.807) is 0 Å². The third-order valence-corrected chi connectivity index (χ3v) is 11.6. The van der Waals surface area contributed by atoms with E-state index in [1.807, 2.05) is 29.5 Å². The van der Waals surface area contributed by atoms with Crippen LogP contribution in [0.4, 0.5) is 0 Å². The van der Waals surface area contributed by atoms with Gasteiger partial charge in [-0.1, -0.05) is 152 Å². The molecule has 0 fully saturated rings. The van der Waals surface area contributed by atoms with Gasteiger partial charge in [0, 0.05) is 47.7 Å². The van der Waals surface area contributed by atoms with Crippen molar-refractivity contribution >= 4 is 86.1 Å². The number of rotatable bonds is 6. The average molecular weight is 683 g/mol. The number of hydrogen-bond donors (Lipinski definition) is 1. The number of para-hydroxylation sites is 1. The van der Waals surface area contributed by atoms with Crippen LogP contribution in [0, 0.1) is 0 Å². The summed E-state index contributed by atoms with van der Waals surface area (Å²) < 4.78 is 5.14. The standard InChI is InChI=1S/C49H34N2S/c50-42(35-16-5-2-6-17-35)31-36(24-23-32-13-3-1-4-14-32)33-25-28-37(29-26-33)51-43-21-11-9-19-39(43)45-41-30-27-34-15-7-8-18-38(34)46(41)49-47(48(45)51)40-20-10-12-22-44(40)52-49/h1-22,24-31H,23,50H2/b36-24+,42-31-. The second-order valence-electron chi connectivity index (χ2n) is 13.4. The lowest BCUT2D eigenvalue weighted by molar-refractivity contribution is 1.19. The Balaban J connectivity index is 1.22. The van der Waals surface area contributed by atoms with E-state index in [-0.39, 0.29) is 0 Å². The zero-order valence-electron chi connectivity index (χ0n) is 28.5. The maximum absolute atomic E-state index is 6.72. The van der Waals surface area contributed by atoms with Crippen LogP contribution in [0.1, 0.15) is 16.7 Å². The number of thiophene rings is 1. The number of benzene rings is 8. The minimum atomic E-state index is 0.748. The van der Waals surface area contributed by atoms with Crippen LogP contribution >= 0.6 is 11.3 Å². The predicted molar refractivity (Wildman–Crippen MR) is 225 cm³/mol. The molecule has 246 valence electrons. The van der Waals surface area contributed by atoms with Crippen LogP contribution in [0.3, 0.4) is 0 Å². The van der Waals surface area contributed by atoms with E-state index in [0.29, 0.717) is 0 Å². The van der Waals surface area contributed by atoms with E-state index in [9.17, 15) is 0 Å². The maximum Gasteiger partial charge on any atom is 0.0640 e. The fourth-order valence-electron chi connectivity index (χ4n) is 7.99. The molecule has 2 N–H and O–H groups in total. The lowest BCUT2D eigenvalue weighted by Crippen LogP contribution is -1.98. The molecule has 0 unspecified atom stereocenters. The maximum atomic E-state index is 6.72. The van der Waals surface area contributed by atoms with Crippen LogP contribution in [0.5, 0.6) is 0 Å². The SMILES string of the molecule is N/C(=C\C(=C/Cc1ccccc1)c1ccc(-n2c3ccccc3c3c4ccc5ccccc5c4c4sc5ccccc5c4c32)cc1)c1ccccc1. The summed E-state index contributed by atoms with van der Waals surface area (Å²) >= 11 is 1.91. The van der Waals surface area contributed by atoms with Gasteiger partial charge in [0.15, 0.2) is 0 Å². The Labute approximate surface area is 306 Å². The molecule has 3 heteroatoms. The molecule has 2 aromatic heterocycles. The first kappa shape index (κ1) is 30.4. The van der Waals surface area contributed by atoms with Crippen molar-refractivity contribution in [3.63, 3.8) is 0 Å². The van der Waals surface area contributed by atoms with E-state index in [4.69, 9.17) is 5.73 Å². The highest BCUT2D eigenvalue weighted by atomic mass is 32.1. The van der Waals surface area contributed by atoms with Crippen LogP contribution in [-0.4, -0.2) is 4.57 Å². The number of nitrogens with zero attached hydrogens (tertiary/aromatic N) is 1. The van der Waals surface area contributed by atoms with Gasteiger partial charge in [0.05, 0.1) is 11.0 Å². The van der Waals surface area contributed by atoms with Crippen LogP contribution in [-0.2, 0) is 6.42 Å². The van der Waals surface area contributed by atoms with Crippen molar-refractivity contribution in [1.29, 1.82) is 0 Å². The van der Waals surface area contributed by atoms with Crippen LogP contribution in [0.25, 0.3) is 80.5 Å². The Bertz CT molecular complexity index is 3020. The second-order valence-corrected chi connectivity index (χ2v) is 14.5. The molecule has 0 spiro atoms. The van der Waals surface area contributed by atoms with E-state index in [0.717, 1.165) is 34.5 Å². The van der Waals surface area contributed by atoms with Gasteiger partial charge in [-0.2, -0.15) is 0 Å². The Morgan fingerprint density at radius 2 is 1.21 bits per heavy atom. The average Bonchev–Trinajstić information content (AvgIpc) is 3.76. The topological polar surface area (TPSA) is 30.9 Å². The van der Waals surface area contributed by atoms with Gasteiger partial charge < -0.3 is 10.3 Å². The fourth-order valence-corrected chi connectivity index (χ4v) is 9.26. The van der Waals surface area contributed by atoms with Gasteiger partial charge >= 0.3 is 0 Å². The smallest absolute Gasteiger partial charge is 0.0640 e. The van der Waals surface area contributed by atoms with Crippen molar-refractivity contribution in [1.82, 2.24) is 4.57 Å². The van der Waals surface area contributed by atoms with Gasteiger partial charge in [-0.15, -0.1) is 11.3 Å². The van der Waals surface area contributed by atoms with E-state index in [1.165, 1.54) is 69.1 Å². The number of fused-ring (bicyclic) bond motifs is 12. The van der Waals surface area contributed by atoms with Crippen molar-refractivity contribution in [2.45, 2.75) is 6.42 Å². The molecule has 10 aromatic rings. The summed E-state index contributed by atoms with van der Waals surface area (Å²) in [5, 5.41) is 10.4. The molecule has 0 bridgehead atoms. The third-order valence-electron chi connectivity index (χ3n) is 10.4. The monoisotopic (exact) mass is 682 g/mol. The van der Waals surface area contributed by atoms with Crippen LogP contribution in [0.15, 0.2) is 182 Å². The molecule has 52 heavy (non-hydrogen) atoms. The molecule has 2 heterocycles. The molecule has 0 aliphatic carbocycles. The molecule has 0 amide bonds. The summed E-state index contributed by atoms with van der Waals surface area (Å²) in [6.45, 7) is 0. The largest absolute Gasteiger partial charge is 0.398 e. The molecular formula is C49H34N2S. The van der Waals surface area contributed by atoms with E-state index >= 15 is 0 Å². The number of hydrogen-bond acceptors (Lipinski definition) is 2. The minimum Gasteiger partial charge on any atom is -0.398 e. The highest BCUT2D eigenvalue weighted by Crippen LogP contribution is 2.49. The van der Waals surface area contributed by atoms with Crippen molar-refractivity contribution in [2.24, 2.45) is 5.73 Å². The van der Waals surface area contributed by atoms with Gasteiger partial charge in [0.1, 0.15) is 0 Å². The second kappa shape index (κ2) is 12.4. The minimum absolute atomic E-state index is 0.748. The summed E-state index contributed by atoms with van der Waals surface area (Å²) in [7, 11) is 0. The van der Waals surface area contributed by atoms with Gasteiger partial charge in [-0.3, -0.25) is 0 Å². The third kappa shape index (κ3) is 4.93. The summed E-state index contributed by atoms with van der Waals surface area (Å²) in [4.78, 5) is 0. The zero-order chi connectivity index (χ0) is 34.6. The molecular weight excluding hydrogens is 649 g/mol. The number of aromatic nitrogens is 1. The summed E-state index contributed by atoms with van der Waals surface area (Å²) in [5.41, 5.74) is 15.6. The quantitative estimate of drug-likeness (QED) is 0.137. The molecule has 2 nitrogen and oxygen atoms in total. The highest BCUT2D eigenvalue weighted by molar-refractivity contribution is 7.27. The summed E-state index contributed by atoms with van der Waals surface area (Å²) in [6.07, 6.45) is 5.22. The molecule has 10 rings (SSSR count). The molecule has 0 aliphatic heterocycles. The van der Waals surface area contributed by atoms with Crippen molar-refractivity contribution in [3.05, 3.63) is 199 Å². The summed E-state index contributed by atoms with van der Waals surface area (Å²) in [5.74, 6) is 0. The first-order valence-corrected chi connectivity index (χ1v) is 18.6. The lowest BCUT2D eigenvalue weighted by atomic mass is 9.95. The number of nitrogens with two attached hydrogens (primary N) is 1. The number of allylic oxidation sites excluding steroid dienone is 3. The first-order valence-electron chi connectivity index (χ1n) is 17.8. The van der Waals surface area contributed by atoms with E-state index < -0.39 is 0 Å². The van der Waals surface area contributed by atoms with Gasteiger partial charge in [0.25, 0.3) is 0 Å².